The largest absolute Gasteiger partial charge is 0.492 e. The number of hydrogen-bond acceptors (Lipinski definition) is 4. The second-order valence-corrected chi connectivity index (χ2v) is 5.20. The second kappa shape index (κ2) is 9.04. The van der Waals surface area contributed by atoms with Crippen molar-refractivity contribution >= 4 is 11.9 Å². The lowest BCUT2D eigenvalue weighted by Gasteiger charge is -2.26. The molecule has 1 aromatic rings. The lowest BCUT2D eigenvalue weighted by atomic mass is 10.2. The van der Waals surface area contributed by atoms with Gasteiger partial charge in [0.1, 0.15) is 18.4 Å². The fourth-order valence-corrected chi connectivity index (χ4v) is 2.02. The van der Waals surface area contributed by atoms with Gasteiger partial charge in [-0.15, -0.1) is 0 Å². The van der Waals surface area contributed by atoms with Crippen LogP contribution in [0.15, 0.2) is 24.3 Å². The molecule has 0 aliphatic carbocycles. The normalized spacial score (nSPS) is 12.0. The Morgan fingerprint density at radius 1 is 1.36 bits per heavy atom. The minimum absolute atomic E-state index is 0.126. The highest BCUT2D eigenvalue weighted by Crippen LogP contribution is 2.12. The van der Waals surface area contributed by atoms with Crippen LogP contribution in [0, 0.1) is 6.92 Å². The van der Waals surface area contributed by atoms with Crippen molar-refractivity contribution in [2.45, 2.75) is 26.8 Å². The van der Waals surface area contributed by atoms with Gasteiger partial charge >= 0.3 is 5.97 Å². The number of benzene rings is 1. The van der Waals surface area contributed by atoms with Crippen LogP contribution in [-0.2, 0) is 9.59 Å². The number of aliphatic carboxylic acids is 1. The highest BCUT2D eigenvalue weighted by molar-refractivity contribution is 5.73. The van der Waals surface area contributed by atoms with Gasteiger partial charge in [-0.2, -0.15) is 0 Å². The zero-order valence-electron chi connectivity index (χ0n) is 13.3. The zero-order chi connectivity index (χ0) is 16.5. The molecule has 0 aliphatic rings. The van der Waals surface area contributed by atoms with Gasteiger partial charge in [-0.1, -0.05) is 12.1 Å². The van der Waals surface area contributed by atoms with E-state index in [0.717, 1.165) is 11.3 Å². The van der Waals surface area contributed by atoms with E-state index in [4.69, 9.17) is 9.84 Å². The van der Waals surface area contributed by atoms with E-state index >= 15 is 0 Å². The second-order valence-electron chi connectivity index (χ2n) is 5.20. The summed E-state index contributed by atoms with van der Waals surface area (Å²) in [6, 6.07) is 7.07. The molecule has 0 spiro atoms. The van der Waals surface area contributed by atoms with Gasteiger partial charge in [-0.25, -0.2) is 0 Å². The van der Waals surface area contributed by atoms with Crippen molar-refractivity contribution in [1.29, 1.82) is 0 Å². The number of carbonyl (C=O) groups is 2. The number of nitrogens with one attached hydrogen (secondary N) is 1. The molecular formula is C16H24N2O4. The summed E-state index contributed by atoms with van der Waals surface area (Å²) in [5.74, 6) is -0.248. The molecule has 122 valence electrons. The number of ether oxygens (including phenoxy) is 1. The van der Waals surface area contributed by atoms with E-state index in [1.54, 1.807) is 11.8 Å². The Morgan fingerprint density at radius 3 is 2.68 bits per heavy atom. The van der Waals surface area contributed by atoms with Crippen molar-refractivity contribution in [3.63, 3.8) is 0 Å². The van der Waals surface area contributed by atoms with Crippen molar-refractivity contribution in [2.75, 3.05) is 26.2 Å². The van der Waals surface area contributed by atoms with Gasteiger partial charge in [0, 0.05) is 26.6 Å². The van der Waals surface area contributed by atoms with Crippen LogP contribution in [0.5, 0.6) is 5.75 Å². The van der Waals surface area contributed by atoms with E-state index in [1.807, 2.05) is 31.2 Å². The zero-order valence-corrected chi connectivity index (χ0v) is 13.3. The van der Waals surface area contributed by atoms with Crippen molar-refractivity contribution in [2.24, 2.45) is 0 Å². The minimum Gasteiger partial charge on any atom is -0.492 e. The summed E-state index contributed by atoms with van der Waals surface area (Å²) in [6.07, 6.45) is 0. The van der Waals surface area contributed by atoms with Crippen LogP contribution in [-0.4, -0.2) is 54.2 Å². The molecule has 1 atom stereocenters. The Bertz CT molecular complexity index is 505. The molecule has 0 radical (unpaired) electrons. The summed E-state index contributed by atoms with van der Waals surface area (Å²) in [4.78, 5) is 23.8. The van der Waals surface area contributed by atoms with E-state index in [-0.39, 0.29) is 5.91 Å². The predicted octanol–water partition coefficient (Wildman–Crippen LogP) is 1.29. The molecule has 22 heavy (non-hydrogen) atoms. The minimum atomic E-state index is -0.890. The van der Waals surface area contributed by atoms with Gasteiger partial charge in [-0.05, 0) is 31.5 Å². The van der Waals surface area contributed by atoms with Crippen molar-refractivity contribution in [3.05, 3.63) is 29.8 Å². The number of aryl methyl sites for hydroxylation is 1. The van der Waals surface area contributed by atoms with Gasteiger partial charge in [0.25, 0.3) is 0 Å². The third-order valence-electron chi connectivity index (χ3n) is 3.31. The first-order chi connectivity index (χ1) is 10.4. The van der Waals surface area contributed by atoms with Crippen LogP contribution >= 0.6 is 0 Å². The lowest BCUT2D eigenvalue weighted by Crippen LogP contribution is -2.45. The van der Waals surface area contributed by atoms with Crippen molar-refractivity contribution < 1.29 is 19.4 Å². The molecule has 6 heteroatoms. The summed E-state index contributed by atoms with van der Waals surface area (Å²) in [6.45, 7) is 6.79. The number of carboxylic acid groups (broad SMARTS) is 1. The molecule has 0 saturated heterocycles. The Kier molecular flexibility index (Phi) is 7.39. The Hall–Kier alpha value is -2.08. The highest BCUT2D eigenvalue weighted by atomic mass is 16.5. The topological polar surface area (TPSA) is 78.9 Å². The Labute approximate surface area is 131 Å². The van der Waals surface area contributed by atoms with Crippen LogP contribution in [0.4, 0.5) is 0 Å². The monoisotopic (exact) mass is 308 g/mol. The quantitative estimate of drug-likeness (QED) is 0.718. The van der Waals surface area contributed by atoms with E-state index in [9.17, 15) is 9.59 Å². The molecule has 0 saturated carbocycles. The predicted molar refractivity (Wildman–Crippen MR) is 84.0 cm³/mol. The maximum Gasteiger partial charge on any atom is 0.320 e. The third-order valence-corrected chi connectivity index (χ3v) is 3.31. The van der Waals surface area contributed by atoms with E-state index in [0.29, 0.717) is 26.2 Å². The molecule has 0 heterocycles. The average Bonchev–Trinajstić information content (AvgIpc) is 2.44. The molecular weight excluding hydrogens is 284 g/mol. The maximum absolute atomic E-state index is 11.1. The summed E-state index contributed by atoms with van der Waals surface area (Å²) in [5, 5.41) is 11.8. The first-order valence-corrected chi connectivity index (χ1v) is 7.31. The van der Waals surface area contributed by atoms with Crippen LogP contribution in [0.2, 0.25) is 0 Å². The van der Waals surface area contributed by atoms with Crippen LogP contribution in [0.3, 0.4) is 0 Å². The molecule has 0 fully saturated rings. The molecule has 6 nitrogen and oxygen atoms in total. The van der Waals surface area contributed by atoms with Gasteiger partial charge in [0.05, 0.1) is 0 Å². The molecule has 0 aromatic heterocycles. The molecule has 2 N–H and O–H groups in total. The van der Waals surface area contributed by atoms with Gasteiger partial charge < -0.3 is 15.2 Å². The van der Waals surface area contributed by atoms with Crippen molar-refractivity contribution in [1.82, 2.24) is 10.2 Å². The summed E-state index contributed by atoms with van der Waals surface area (Å²) in [7, 11) is 0. The number of nitrogens with zero attached hydrogens (tertiary/aromatic N) is 1. The van der Waals surface area contributed by atoms with E-state index in [1.165, 1.54) is 6.92 Å². The molecule has 1 amide bonds. The standard InChI is InChI=1S/C16H24N2O4/c1-12-5-4-6-15(11-12)22-10-9-18(13(2)16(20)21)8-7-17-14(3)19/h4-6,11,13H,7-10H2,1-3H3,(H,17,19)(H,20,21). The van der Waals surface area contributed by atoms with Gasteiger partial charge in [0.15, 0.2) is 0 Å². The van der Waals surface area contributed by atoms with Gasteiger partial charge in [0.2, 0.25) is 5.91 Å². The summed E-state index contributed by atoms with van der Waals surface area (Å²) in [5.41, 5.74) is 1.11. The number of amides is 1. The van der Waals surface area contributed by atoms with Crippen LogP contribution < -0.4 is 10.1 Å². The summed E-state index contributed by atoms with van der Waals surface area (Å²) < 4.78 is 5.65. The SMILES string of the molecule is CC(=O)NCCN(CCOc1cccc(C)c1)C(C)C(=O)O. The molecule has 1 aromatic carbocycles. The molecule has 0 bridgehead atoms. The number of hydrogen-bond donors (Lipinski definition) is 2. The lowest BCUT2D eigenvalue weighted by molar-refractivity contribution is -0.142. The van der Waals surface area contributed by atoms with Gasteiger partial charge in [-0.3, -0.25) is 14.5 Å². The average molecular weight is 308 g/mol. The Morgan fingerprint density at radius 2 is 2.09 bits per heavy atom. The fourth-order valence-electron chi connectivity index (χ4n) is 2.02. The third kappa shape index (κ3) is 6.58. The number of carbonyl (C=O) groups excluding carboxylic acids is 1. The molecule has 0 aliphatic heterocycles. The number of rotatable bonds is 9. The smallest absolute Gasteiger partial charge is 0.320 e. The molecule has 1 unspecified atom stereocenters. The highest BCUT2D eigenvalue weighted by Gasteiger charge is 2.20. The summed E-state index contributed by atoms with van der Waals surface area (Å²) >= 11 is 0. The van der Waals surface area contributed by atoms with Crippen molar-refractivity contribution in [3.8, 4) is 5.75 Å². The Balaban J connectivity index is 2.49. The fraction of sp³-hybridized carbons (Fsp3) is 0.500. The first kappa shape index (κ1) is 18.0. The van der Waals surface area contributed by atoms with E-state index < -0.39 is 12.0 Å². The number of carboxylic acids is 1. The van der Waals surface area contributed by atoms with Crippen LogP contribution in [0.25, 0.3) is 0 Å². The van der Waals surface area contributed by atoms with E-state index in [2.05, 4.69) is 5.32 Å². The molecule has 1 rings (SSSR count). The first-order valence-electron chi connectivity index (χ1n) is 7.31. The maximum atomic E-state index is 11.1. The van der Waals surface area contributed by atoms with Crippen LogP contribution in [0.1, 0.15) is 19.4 Å².